The molecule has 3 aromatic rings. The fraction of sp³-hybridized carbons (Fsp3) is 0.238. The third-order valence-electron chi connectivity index (χ3n) is 4.84. The normalized spacial score (nSPS) is 15.2. The van der Waals surface area contributed by atoms with Gasteiger partial charge in [0.1, 0.15) is 5.82 Å². The van der Waals surface area contributed by atoms with E-state index in [9.17, 15) is 4.79 Å². The maximum Gasteiger partial charge on any atom is 0.255 e. The molecule has 1 amide bonds. The molecule has 5 nitrogen and oxygen atoms in total. The summed E-state index contributed by atoms with van der Waals surface area (Å²) in [5, 5.41) is 5.12. The largest absolute Gasteiger partial charge is 0.354 e. The summed E-state index contributed by atoms with van der Waals surface area (Å²) in [5.41, 5.74) is 1.35. The van der Waals surface area contributed by atoms with Gasteiger partial charge in [0, 0.05) is 31.7 Å². The molecule has 1 N–H and O–H groups in total. The van der Waals surface area contributed by atoms with Crippen LogP contribution in [0.2, 0.25) is 0 Å². The first-order valence-electron chi connectivity index (χ1n) is 8.89. The molecule has 0 aliphatic carbocycles. The number of amides is 1. The molecule has 2 aromatic carbocycles. The second-order valence-corrected chi connectivity index (χ2v) is 6.71. The lowest BCUT2D eigenvalue weighted by Gasteiger charge is -2.33. The fourth-order valence-electron chi connectivity index (χ4n) is 3.22. The minimum absolute atomic E-state index is 0.120. The lowest BCUT2D eigenvalue weighted by molar-refractivity contribution is 0.102. The summed E-state index contributed by atoms with van der Waals surface area (Å²) in [6.07, 6.45) is 1.73. The molecule has 0 bridgehead atoms. The zero-order valence-electron chi connectivity index (χ0n) is 14.9. The zero-order chi connectivity index (χ0) is 17.9. The Balaban J connectivity index is 1.45. The average molecular weight is 346 g/mol. The maximum atomic E-state index is 12.5. The van der Waals surface area contributed by atoms with E-state index in [0.29, 0.717) is 11.3 Å². The number of fused-ring (bicyclic) bond motifs is 1. The molecule has 0 radical (unpaired) electrons. The third kappa shape index (κ3) is 3.53. The van der Waals surface area contributed by atoms with Gasteiger partial charge in [-0.2, -0.15) is 0 Å². The quantitative estimate of drug-likeness (QED) is 0.791. The van der Waals surface area contributed by atoms with E-state index < -0.39 is 0 Å². The molecule has 132 valence electrons. The number of nitrogens with one attached hydrogen (secondary N) is 1. The van der Waals surface area contributed by atoms with Gasteiger partial charge in [0.05, 0.1) is 11.9 Å². The third-order valence-corrected chi connectivity index (χ3v) is 4.84. The van der Waals surface area contributed by atoms with Crippen LogP contribution in [0.4, 0.5) is 11.5 Å². The van der Waals surface area contributed by atoms with Crippen molar-refractivity contribution in [2.24, 2.45) is 0 Å². The van der Waals surface area contributed by atoms with E-state index in [4.69, 9.17) is 0 Å². The molecule has 5 heteroatoms. The van der Waals surface area contributed by atoms with Crippen molar-refractivity contribution in [3.63, 3.8) is 0 Å². The van der Waals surface area contributed by atoms with Crippen LogP contribution in [0.25, 0.3) is 10.8 Å². The topological polar surface area (TPSA) is 48.5 Å². The van der Waals surface area contributed by atoms with Crippen molar-refractivity contribution in [1.29, 1.82) is 0 Å². The van der Waals surface area contributed by atoms with Gasteiger partial charge >= 0.3 is 0 Å². The van der Waals surface area contributed by atoms with E-state index in [0.717, 1.165) is 42.8 Å². The van der Waals surface area contributed by atoms with E-state index >= 15 is 0 Å². The van der Waals surface area contributed by atoms with Gasteiger partial charge in [-0.1, -0.05) is 30.3 Å². The number of hydrogen-bond acceptors (Lipinski definition) is 4. The summed E-state index contributed by atoms with van der Waals surface area (Å²) < 4.78 is 0. The van der Waals surface area contributed by atoms with Crippen molar-refractivity contribution in [1.82, 2.24) is 9.88 Å². The van der Waals surface area contributed by atoms with Crippen molar-refractivity contribution in [2.75, 3.05) is 43.4 Å². The van der Waals surface area contributed by atoms with Crippen molar-refractivity contribution in [3.8, 4) is 0 Å². The number of benzene rings is 2. The number of aromatic nitrogens is 1. The number of nitrogens with zero attached hydrogens (tertiary/aromatic N) is 3. The molecule has 1 aromatic heterocycles. The number of pyridine rings is 1. The number of anilines is 2. The lowest BCUT2D eigenvalue weighted by Crippen LogP contribution is -2.44. The van der Waals surface area contributed by atoms with Crippen molar-refractivity contribution in [2.45, 2.75) is 0 Å². The van der Waals surface area contributed by atoms with Crippen LogP contribution >= 0.6 is 0 Å². The number of carbonyl (C=O) groups excluding carboxylic acids is 1. The number of rotatable bonds is 3. The van der Waals surface area contributed by atoms with E-state index in [1.807, 2.05) is 54.6 Å². The van der Waals surface area contributed by atoms with Crippen LogP contribution in [0.3, 0.4) is 0 Å². The minimum atomic E-state index is -0.120. The van der Waals surface area contributed by atoms with Crippen molar-refractivity contribution >= 4 is 28.2 Å². The Labute approximate surface area is 153 Å². The van der Waals surface area contributed by atoms with Gasteiger partial charge in [-0.15, -0.1) is 0 Å². The predicted octanol–water partition coefficient (Wildman–Crippen LogP) is 3.24. The smallest absolute Gasteiger partial charge is 0.255 e. The van der Waals surface area contributed by atoms with E-state index in [1.165, 1.54) is 0 Å². The lowest BCUT2D eigenvalue weighted by atomic mass is 10.1. The maximum absolute atomic E-state index is 12.5. The van der Waals surface area contributed by atoms with Gasteiger partial charge < -0.3 is 15.1 Å². The van der Waals surface area contributed by atoms with Gasteiger partial charge in [-0.05, 0) is 42.1 Å². The van der Waals surface area contributed by atoms with E-state index in [-0.39, 0.29) is 5.91 Å². The molecule has 0 unspecified atom stereocenters. The molecule has 4 rings (SSSR count). The summed E-state index contributed by atoms with van der Waals surface area (Å²) >= 11 is 0. The highest BCUT2D eigenvalue weighted by atomic mass is 16.1. The summed E-state index contributed by atoms with van der Waals surface area (Å²) in [6, 6.07) is 17.7. The Kier molecular flexibility index (Phi) is 4.54. The van der Waals surface area contributed by atoms with Crippen molar-refractivity contribution < 1.29 is 4.79 Å². The fourth-order valence-corrected chi connectivity index (χ4v) is 3.22. The molecule has 1 aliphatic rings. The van der Waals surface area contributed by atoms with Gasteiger partial charge in [-0.3, -0.25) is 4.79 Å². The number of likely N-dealkylation sites (N-methyl/N-ethyl adjacent to an activating group) is 1. The molecule has 26 heavy (non-hydrogen) atoms. The molecular formula is C21H22N4O. The van der Waals surface area contributed by atoms with Gasteiger partial charge in [0.2, 0.25) is 0 Å². The molecule has 1 aliphatic heterocycles. The van der Waals surface area contributed by atoms with Crippen molar-refractivity contribution in [3.05, 3.63) is 66.4 Å². The Morgan fingerprint density at radius 3 is 2.46 bits per heavy atom. The SMILES string of the molecule is CN1CCN(c2ccc(NC(=O)c3ccc4ccccc4c3)cn2)CC1. The molecule has 0 saturated carbocycles. The molecule has 1 saturated heterocycles. The Morgan fingerprint density at radius 1 is 0.962 bits per heavy atom. The van der Waals surface area contributed by atoms with Crippen LogP contribution in [0.5, 0.6) is 0 Å². The molecule has 1 fully saturated rings. The first kappa shape index (κ1) is 16.5. The van der Waals surface area contributed by atoms with Crippen LogP contribution in [-0.2, 0) is 0 Å². The average Bonchev–Trinajstić information content (AvgIpc) is 2.69. The highest BCUT2D eigenvalue weighted by molar-refractivity contribution is 6.06. The van der Waals surface area contributed by atoms with Crippen LogP contribution in [-0.4, -0.2) is 49.0 Å². The number of carbonyl (C=O) groups is 1. The summed E-state index contributed by atoms with van der Waals surface area (Å²) in [7, 11) is 2.14. The summed E-state index contributed by atoms with van der Waals surface area (Å²) in [4.78, 5) is 21.6. The monoisotopic (exact) mass is 346 g/mol. The van der Waals surface area contributed by atoms with Crippen LogP contribution < -0.4 is 10.2 Å². The van der Waals surface area contributed by atoms with E-state index in [2.05, 4.69) is 27.1 Å². The Hall–Kier alpha value is -2.92. The molecule has 2 heterocycles. The zero-order valence-corrected chi connectivity index (χ0v) is 14.9. The molecular weight excluding hydrogens is 324 g/mol. The summed E-state index contributed by atoms with van der Waals surface area (Å²) in [6.45, 7) is 4.04. The van der Waals surface area contributed by atoms with Crippen LogP contribution in [0, 0.1) is 0 Å². The van der Waals surface area contributed by atoms with Crippen LogP contribution in [0.15, 0.2) is 60.8 Å². The van der Waals surface area contributed by atoms with Gasteiger partial charge in [0.15, 0.2) is 0 Å². The second-order valence-electron chi connectivity index (χ2n) is 6.71. The molecule has 0 spiro atoms. The highest BCUT2D eigenvalue weighted by Gasteiger charge is 2.15. The molecule has 0 atom stereocenters. The Morgan fingerprint density at radius 2 is 1.73 bits per heavy atom. The second kappa shape index (κ2) is 7.14. The summed E-state index contributed by atoms with van der Waals surface area (Å²) in [5.74, 6) is 0.840. The predicted molar refractivity (Wildman–Crippen MR) is 106 cm³/mol. The number of piperazine rings is 1. The van der Waals surface area contributed by atoms with Gasteiger partial charge in [-0.25, -0.2) is 4.98 Å². The van der Waals surface area contributed by atoms with E-state index in [1.54, 1.807) is 6.20 Å². The standard InChI is InChI=1S/C21H22N4O/c1-24-10-12-25(13-11-24)20-9-8-19(15-22-20)23-21(26)18-7-6-16-4-2-3-5-17(16)14-18/h2-9,14-15H,10-13H2,1H3,(H,23,26). The number of hydrogen-bond donors (Lipinski definition) is 1. The Bertz CT molecular complexity index is 915. The first-order valence-corrected chi connectivity index (χ1v) is 8.89. The first-order chi connectivity index (χ1) is 12.7. The van der Waals surface area contributed by atoms with Gasteiger partial charge in [0.25, 0.3) is 5.91 Å². The van der Waals surface area contributed by atoms with Crippen LogP contribution in [0.1, 0.15) is 10.4 Å². The minimum Gasteiger partial charge on any atom is -0.354 e. The highest BCUT2D eigenvalue weighted by Crippen LogP contribution is 2.19.